The first-order chi connectivity index (χ1) is 13.9. The second-order valence-electron chi connectivity index (χ2n) is 6.87. The van der Waals surface area contributed by atoms with Crippen molar-refractivity contribution >= 4 is 28.3 Å². The molecule has 0 radical (unpaired) electrons. The molecule has 5 nitrogen and oxygen atoms in total. The number of halogens is 1. The molecule has 0 saturated carbocycles. The smallest absolute Gasteiger partial charge is 0.279 e. The monoisotopic (exact) mass is 407 g/mol. The summed E-state index contributed by atoms with van der Waals surface area (Å²) in [5, 5.41) is 17.8. The fraction of sp³-hybridized carbons (Fsp3) is 0.136. The normalized spacial score (nSPS) is 12.1. The van der Waals surface area contributed by atoms with Crippen molar-refractivity contribution in [2.24, 2.45) is 0 Å². The van der Waals surface area contributed by atoms with Crippen LogP contribution in [0.1, 0.15) is 18.7 Å². The molecule has 4 aromatic rings. The third-order valence-corrected chi connectivity index (χ3v) is 5.53. The Labute approximate surface area is 170 Å². The maximum Gasteiger partial charge on any atom is 0.279 e. The van der Waals surface area contributed by atoms with Crippen LogP contribution in [-0.4, -0.2) is 26.8 Å². The Morgan fingerprint density at radius 1 is 1.07 bits per heavy atom. The highest BCUT2D eigenvalue weighted by molar-refractivity contribution is 7.17. The average molecular weight is 407 g/mol. The summed E-state index contributed by atoms with van der Waals surface area (Å²) in [7, 11) is 0. The van der Waals surface area contributed by atoms with Gasteiger partial charge < -0.3 is 5.21 Å². The molecular weight excluding hydrogens is 389 g/mol. The van der Waals surface area contributed by atoms with Gasteiger partial charge in [-0.1, -0.05) is 18.2 Å². The standard InChI is InChI=1S/C22H18FN3O2S/c1-14(2)25(28)13-17-11-12-20(29-17)21-18-5-3-4-6-19(18)22(27)26(24-21)16-9-7-15(23)8-10-16/h3-14H,1-2H3/b25-13+. The fourth-order valence-corrected chi connectivity index (χ4v) is 3.88. The number of hydroxylamine groups is 1. The molecular formula is C22H18FN3O2S. The number of benzene rings is 2. The lowest BCUT2D eigenvalue weighted by atomic mass is 10.1. The lowest BCUT2D eigenvalue weighted by molar-refractivity contribution is -0.486. The van der Waals surface area contributed by atoms with E-state index >= 15 is 0 Å². The molecule has 7 heteroatoms. The molecule has 146 valence electrons. The van der Waals surface area contributed by atoms with E-state index < -0.39 is 0 Å². The summed E-state index contributed by atoms with van der Waals surface area (Å²) < 4.78 is 15.5. The highest BCUT2D eigenvalue weighted by Gasteiger charge is 2.15. The highest BCUT2D eigenvalue weighted by atomic mass is 32.1. The number of fused-ring (bicyclic) bond motifs is 1. The zero-order valence-corrected chi connectivity index (χ0v) is 16.7. The van der Waals surface area contributed by atoms with Gasteiger partial charge in [-0.05, 0) is 56.3 Å². The first kappa shape index (κ1) is 19.0. The quantitative estimate of drug-likeness (QED) is 0.215. The minimum absolute atomic E-state index is 0.153. The molecule has 0 atom stereocenters. The van der Waals surface area contributed by atoms with Gasteiger partial charge in [-0.2, -0.15) is 9.78 Å². The fourth-order valence-electron chi connectivity index (χ4n) is 2.95. The van der Waals surface area contributed by atoms with Crippen LogP contribution < -0.4 is 5.56 Å². The summed E-state index contributed by atoms with van der Waals surface area (Å²) >= 11 is 1.42. The van der Waals surface area contributed by atoms with E-state index in [-0.39, 0.29) is 17.4 Å². The zero-order chi connectivity index (χ0) is 20.5. The predicted molar refractivity (Wildman–Crippen MR) is 115 cm³/mol. The van der Waals surface area contributed by atoms with Gasteiger partial charge in [-0.15, -0.1) is 11.3 Å². The molecule has 4 rings (SSSR count). The molecule has 0 aliphatic heterocycles. The van der Waals surface area contributed by atoms with Gasteiger partial charge >= 0.3 is 0 Å². The summed E-state index contributed by atoms with van der Waals surface area (Å²) in [5.41, 5.74) is 0.846. The molecule has 0 bridgehead atoms. The molecule has 0 N–H and O–H groups in total. The maximum absolute atomic E-state index is 13.3. The molecule has 29 heavy (non-hydrogen) atoms. The first-order valence-electron chi connectivity index (χ1n) is 9.12. The molecule has 0 spiro atoms. The molecule has 0 amide bonds. The minimum atomic E-state index is -0.381. The van der Waals surface area contributed by atoms with E-state index in [1.807, 2.05) is 38.1 Å². The van der Waals surface area contributed by atoms with Crippen LogP contribution in [0.3, 0.4) is 0 Å². The lowest BCUT2D eigenvalue weighted by Crippen LogP contribution is -2.22. The van der Waals surface area contributed by atoms with Crippen LogP contribution in [0.25, 0.3) is 27.0 Å². The van der Waals surface area contributed by atoms with Crippen molar-refractivity contribution in [1.82, 2.24) is 9.78 Å². The summed E-state index contributed by atoms with van der Waals surface area (Å²) in [6.07, 6.45) is 1.55. The van der Waals surface area contributed by atoms with Crippen molar-refractivity contribution in [3.63, 3.8) is 0 Å². The number of nitrogens with zero attached hydrogens (tertiary/aromatic N) is 3. The molecule has 0 aliphatic carbocycles. The topological polar surface area (TPSA) is 61.0 Å². The van der Waals surface area contributed by atoms with Crippen molar-refractivity contribution in [1.29, 1.82) is 0 Å². The van der Waals surface area contributed by atoms with Crippen molar-refractivity contribution in [3.05, 3.63) is 86.9 Å². The summed E-state index contributed by atoms with van der Waals surface area (Å²) in [5.74, 6) is -0.381. The van der Waals surface area contributed by atoms with Crippen molar-refractivity contribution in [2.45, 2.75) is 19.9 Å². The van der Waals surface area contributed by atoms with Gasteiger partial charge in [0.1, 0.15) is 11.5 Å². The van der Waals surface area contributed by atoms with E-state index in [9.17, 15) is 14.4 Å². The van der Waals surface area contributed by atoms with Gasteiger partial charge in [0.2, 0.25) is 0 Å². The Kier molecular flexibility index (Phi) is 4.98. The number of hydrogen-bond acceptors (Lipinski definition) is 4. The van der Waals surface area contributed by atoms with Crippen LogP contribution in [0.5, 0.6) is 0 Å². The van der Waals surface area contributed by atoms with E-state index in [0.717, 1.165) is 19.9 Å². The molecule has 2 aromatic heterocycles. The average Bonchev–Trinajstić information content (AvgIpc) is 3.17. The third kappa shape index (κ3) is 3.69. The highest BCUT2D eigenvalue weighted by Crippen LogP contribution is 2.30. The van der Waals surface area contributed by atoms with Crippen LogP contribution in [0.4, 0.5) is 4.39 Å². The van der Waals surface area contributed by atoms with E-state index in [2.05, 4.69) is 5.10 Å². The first-order valence-corrected chi connectivity index (χ1v) is 9.94. The van der Waals surface area contributed by atoms with E-state index in [0.29, 0.717) is 16.8 Å². The third-order valence-electron chi connectivity index (χ3n) is 4.50. The van der Waals surface area contributed by atoms with Gasteiger partial charge in [-0.3, -0.25) is 4.79 Å². The van der Waals surface area contributed by atoms with Gasteiger partial charge in [0.05, 0.1) is 20.8 Å². The Hall–Kier alpha value is -3.32. The molecule has 0 aliphatic rings. The summed E-state index contributed by atoms with van der Waals surface area (Å²) in [6.45, 7) is 3.65. The van der Waals surface area contributed by atoms with E-state index in [4.69, 9.17) is 0 Å². The molecule has 0 unspecified atom stereocenters. The van der Waals surface area contributed by atoms with Crippen LogP contribution in [-0.2, 0) is 0 Å². The number of aromatic nitrogens is 2. The largest absolute Gasteiger partial charge is 0.624 e. The second-order valence-corrected chi connectivity index (χ2v) is 7.99. The Bertz CT molecular complexity index is 1270. The van der Waals surface area contributed by atoms with E-state index in [1.54, 1.807) is 18.3 Å². The molecule has 2 heterocycles. The van der Waals surface area contributed by atoms with Gasteiger partial charge in [0.15, 0.2) is 12.3 Å². The summed E-state index contributed by atoms with van der Waals surface area (Å²) in [6, 6.07) is 16.5. The van der Waals surface area contributed by atoms with Gasteiger partial charge in [-0.25, -0.2) is 9.13 Å². The van der Waals surface area contributed by atoms with E-state index in [1.165, 1.54) is 40.3 Å². The lowest BCUT2D eigenvalue weighted by Gasteiger charge is -2.10. The van der Waals surface area contributed by atoms with Crippen LogP contribution in [0, 0.1) is 11.0 Å². The Balaban J connectivity index is 1.92. The van der Waals surface area contributed by atoms with Crippen molar-refractivity contribution in [2.75, 3.05) is 0 Å². The Morgan fingerprint density at radius 2 is 1.76 bits per heavy atom. The zero-order valence-electron chi connectivity index (χ0n) is 15.9. The Morgan fingerprint density at radius 3 is 2.45 bits per heavy atom. The number of thiophene rings is 1. The molecule has 0 fully saturated rings. The summed E-state index contributed by atoms with van der Waals surface area (Å²) in [4.78, 5) is 14.6. The van der Waals surface area contributed by atoms with Crippen molar-refractivity contribution in [3.8, 4) is 16.3 Å². The molecule has 2 aromatic carbocycles. The minimum Gasteiger partial charge on any atom is -0.624 e. The number of hydrogen-bond donors (Lipinski definition) is 0. The van der Waals surface area contributed by atoms with Gasteiger partial charge in [0, 0.05) is 5.39 Å². The second kappa shape index (κ2) is 7.60. The molecule has 0 saturated heterocycles. The van der Waals surface area contributed by atoms with Crippen LogP contribution in [0.2, 0.25) is 0 Å². The van der Waals surface area contributed by atoms with Crippen LogP contribution >= 0.6 is 11.3 Å². The SMILES string of the molecule is CC(C)/[N+]([O-])=C\c1ccc(-c2nn(-c3ccc(F)cc3)c(=O)c3ccccc23)s1. The predicted octanol–water partition coefficient (Wildman–Crippen LogP) is 4.59. The number of rotatable bonds is 4. The van der Waals surface area contributed by atoms with Crippen LogP contribution in [0.15, 0.2) is 65.5 Å². The van der Waals surface area contributed by atoms with Gasteiger partial charge in [0.25, 0.3) is 5.56 Å². The van der Waals surface area contributed by atoms with Crippen molar-refractivity contribution < 1.29 is 9.13 Å². The maximum atomic E-state index is 13.3.